The van der Waals surface area contributed by atoms with Crippen LogP contribution in [-0.4, -0.2) is 44.6 Å². The SMILES string of the molecule is CC(C)CN1CCC(O)(c2cnnn2C)CC1. The first-order chi connectivity index (χ1) is 8.01. The van der Waals surface area contributed by atoms with E-state index in [4.69, 9.17) is 0 Å². The number of piperidine rings is 1. The van der Waals surface area contributed by atoms with Gasteiger partial charge in [0, 0.05) is 26.7 Å². The summed E-state index contributed by atoms with van der Waals surface area (Å²) in [6.45, 7) is 7.46. The third-order valence-electron chi connectivity index (χ3n) is 3.50. The molecule has 1 fully saturated rings. The van der Waals surface area contributed by atoms with Crippen molar-refractivity contribution in [1.29, 1.82) is 0 Å². The first-order valence-electron chi connectivity index (χ1n) is 6.31. The van der Waals surface area contributed by atoms with Gasteiger partial charge >= 0.3 is 0 Å². The molecule has 0 saturated carbocycles. The standard InChI is InChI=1S/C12H22N4O/c1-10(2)9-16-6-4-12(17,5-7-16)11-8-13-14-15(11)3/h8,10,17H,4-7,9H2,1-3H3. The summed E-state index contributed by atoms with van der Waals surface area (Å²) in [6, 6.07) is 0. The fourth-order valence-electron chi connectivity index (χ4n) is 2.59. The summed E-state index contributed by atoms with van der Waals surface area (Å²) < 4.78 is 1.68. The van der Waals surface area contributed by atoms with Crippen LogP contribution in [0.3, 0.4) is 0 Å². The second-order valence-electron chi connectivity index (χ2n) is 5.47. The quantitative estimate of drug-likeness (QED) is 0.844. The van der Waals surface area contributed by atoms with E-state index in [1.54, 1.807) is 10.9 Å². The van der Waals surface area contributed by atoms with Gasteiger partial charge in [-0.2, -0.15) is 0 Å². The van der Waals surface area contributed by atoms with Crippen LogP contribution in [0.4, 0.5) is 0 Å². The fraction of sp³-hybridized carbons (Fsp3) is 0.833. The van der Waals surface area contributed by atoms with E-state index in [1.165, 1.54) is 0 Å². The van der Waals surface area contributed by atoms with Crippen molar-refractivity contribution in [3.63, 3.8) is 0 Å². The van der Waals surface area contributed by atoms with Crippen molar-refractivity contribution in [2.45, 2.75) is 32.3 Å². The second-order valence-corrected chi connectivity index (χ2v) is 5.47. The lowest BCUT2D eigenvalue weighted by molar-refractivity contribution is -0.0339. The molecule has 0 radical (unpaired) electrons. The van der Waals surface area contributed by atoms with Crippen LogP contribution < -0.4 is 0 Å². The molecule has 1 aromatic rings. The van der Waals surface area contributed by atoms with Crippen molar-refractivity contribution in [3.8, 4) is 0 Å². The lowest BCUT2D eigenvalue weighted by Gasteiger charge is -2.38. The van der Waals surface area contributed by atoms with Gasteiger partial charge in [-0.25, -0.2) is 4.68 Å². The van der Waals surface area contributed by atoms with Crippen molar-refractivity contribution >= 4 is 0 Å². The lowest BCUT2D eigenvalue weighted by Crippen LogP contribution is -2.44. The Morgan fingerprint density at radius 2 is 2.06 bits per heavy atom. The summed E-state index contributed by atoms with van der Waals surface area (Å²) in [7, 11) is 1.83. The van der Waals surface area contributed by atoms with Gasteiger partial charge < -0.3 is 10.0 Å². The summed E-state index contributed by atoms with van der Waals surface area (Å²) >= 11 is 0. The molecule has 1 N–H and O–H groups in total. The Labute approximate surface area is 102 Å². The van der Waals surface area contributed by atoms with Crippen LogP contribution in [0.2, 0.25) is 0 Å². The van der Waals surface area contributed by atoms with E-state index < -0.39 is 5.60 Å². The zero-order valence-electron chi connectivity index (χ0n) is 10.9. The molecular weight excluding hydrogens is 216 g/mol. The monoisotopic (exact) mass is 238 g/mol. The predicted molar refractivity (Wildman–Crippen MR) is 65.4 cm³/mol. The lowest BCUT2D eigenvalue weighted by atomic mass is 9.88. The summed E-state index contributed by atoms with van der Waals surface area (Å²) in [4.78, 5) is 2.42. The molecule has 96 valence electrons. The molecule has 1 aromatic heterocycles. The first-order valence-corrected chi connectivity index (χ1v) is 6.31. The summed E-state index contributed by atoms with van der Waals surface area (Å²) in [6.07, 6.45) is 3.21. The highest BCUT2D eigenvalue weighted by atomic mass is 16.3. The molecule has 2 heterocycles. The Morgan fingerprint density at radius 1 is 1.41 bits per heavy atom. The van der Waals surface area contributed by atoms with E-state index in [9.17, 15) is 5.11 Å². The normalized spacial score (nSPS) is 21.0. The van der Waals surface area contributed by atoms with Gasteiger partial charge in [0.15, 0.2) is 0 Å². The van der Waals surface area contributed by atoms with Crippen LogP contribution in [-0.2, 0) is 12.6 Å². The van der Waals surface area contributed by atoms with Crippen molar-refractivity contribution in [2.75, 3.05) is 19.6 Å². The van der Waals surface area contributed by atoms with Crippen LogP contribution >= 0.6 is 0 Å². The van der Waals surface area contributed by atoms with Gasteiger partial charge in [0.1, 0.15) is 5.60 Å². The van der Waals surface area contributed by atoms with Gasteiger partial charge in [0.25, 0.3) is 0 Å². The van der Waals surface area contributed by atoms with E-state index in [0.717, 1.165) is 38.2 Å². The minimum absolute atomic E-state index is 0.680. The van der Waals surface area contributed by atoms with E-state index in [2.05, 4.69) is 29.1 Å². The summed E-state index contributed by atoms with van der Waals surface area (Å²) in [5.41, 5.74) is 0.0906. The molecule has 5 heteroatoms. The van der Waals surface area contributed by atoms with Crippen molar-refractivity contribution in [2.24, 2.45) is 13.0 Å². The first kappa shape index (κ1) is 12.5. The maximum atomic E-state index is 10.6. The van der Waals surface area contributed by atoms with E-state index >= 15 is 0 Å². The van der Waals surface area contributed by atoms with Crippen molar-refractivity contribution in [1.82, 2.24) is 19.9 Å². The molecule has 0 atom stereocenters. The van der Waals surface area contributed by atoms with Gasteiger partial charge in [0.05, 0.1) is 11.9 Å². The second kappa shape index (κ2) is 4.74. The van der Waals surface area contributed by atoms with Crippen molar-refractivity contribution < 1.29 is 5.11 Å². The minimum Gasteiger partial charge on any atom is -0.383 e. The van der Waals surface area contributed by atoms with E-state index in [1.807, 2.05) is 7.05 Å². The number of aromatic nitrogens is 3. The van der Waals surface area contributed by atoms with Crippen LogP contribution in [0, 0.1) is 5.92 Å². The zero-order valence-corrected chi connectivity index (χ0v) is 10.9. The van der Waals surface area contributed by atoms with Crippen LogP contribution in [0.25, 0.3) is 0 Å². The van der Waals surface area contributed by atoms with Crippen LogP contribution in [0.5, 0.6) is 0 Å². The Bertz CT molecular complexity index is 366. The smallest absolute Gasteiger partial charge is 0.110 e. The Hall–Kier alpha value is -0.940. The molecule has 0 bridgehead atoms. The number of aliphatic hydroxyl groups is 1. The van der Waals surface area contributed by atoms with E-state index in [0.29, 0.717) is 5.92 Å². The van der Waals surface area contributed by atoms with Crippen LogP contribution in [0.15, 0.2) is 6.20 Å². The minimum atomic E-state index is -0.744. The predicted octanol–water partition coefficient (Wildman–Crippen LogP) is 0.754. The number of likely N-dealkylation sites (tertiary alicyclic amines) is 1. The molecule has 1 aliphatic rings. The number of nitrogens with zero attached hydrogens (tertiary/aromatic N) is 4. The van der Waals surface area contributed by atoms with E-state index in [-0.39, 0.29) is 0 Å². The summed E-state index contributed by atoms with van der Waals surface area (Å²) in [5, 5.41) is 18.4. The summed E-state index contributed by atoms with van der Waals surface area (Å²) in [5.74, 6) is 0.680. The maximum Gasteiger partial charge on any atom is 0.110 e. The Kier molecular flexibility index (Phi) is 3.49. The average molecular weight is 238 g/mol. The molecule has 0 amide bonds. The molecule has 0 aliphatic carbocycles. The largest absolute Gasteiger partial charge is 0.383 e. The molecule has 0 spiro atoms. The number of rotatable bonds is 3. The van der Waals surface area contributed by atoms with Gasteiger partial charge in [-0.05, 0) is 18.8 Å². The van der Waals surface area contributed by atoms with Gasteiger partial charge in [-0.15, -0.1) is 5.10 Å². The number of hydrogen-bond donors (Lipinski definition) is 1. The highest BCUT2D eigenvalue weighted by Crippen LogP contribution is 2.31. The molecule has 1 aliphatic heterocycles. The molecule has 0 unspecified atom stereocenters. The Morgan fingerprint density at radius 3 is 2.53 bits per heavy atom. The fourth-order valence-corrected chi connectivity index (χ4v) is 2.59. The average Bonchev–Trinajstić information content (AvgIpc) is 2.68. The topological polar surface area (TPSA) is 54.2 Å². The Balaban J connectivity index is 2.00. The molecule has 1 saturated heterocycles. The zero-order chi connectivity index (χ0) is 12.5. The van der Waals surface area contributed by atoms with Gasteiger partial charge in [0.2, 0.25) is 0 Å². The maximum absolute atomic E-state index is 10.6. The number of hydrogen-bond acceptors (Lipinski definition) is 4. The molecule has 17 heavy (non-hydrogen) atoms. The third kappa shape index (κ3) is 2.66. The van der Waals surface area contributed by atoms with Crippen molar-refractivity contribution in [3.05, 3.63) is 11.9 Å². The third-order valence-corrected chi connectivity index (χ3v) is 3.50. The highest BCUT2D eigenvalue weighted by Gasteiger charge is 2.36. The molecule has 0 aromatic carbocycles. The molecule has 2 rings (SSSR count). The number of aryl methyl sites for hydroxylation is 1. The molecule has 5 nitrogen and oxygen atoms in total. The van der Waals surface area contributed by atoms with Gasteiger partial charge in [-0.1, -0.05) is 19.1 Å². The van der Waals surface area contributed by atoms with Gasteiger partial charge in [-0.3, -0.25) is 0 Å². The highest BCUT2D eigenvalue weighted by molar-refractivity contribution is 5.09. The molecular formula is C12H22N4O. The van der Waals surface area contributed by atoms with Crippen LogP contribution in [0.1, 0.15) is 32.4 Å².